The number of carbonyl (C=O) groups is 1. The molecule has 4 rings (SSSR count). The number of ether oxygens (including phenoxy) is 2. The molecule has 1 aromatic carbocycles. The Bertz CT molecular complexity index is 945. The first kappa shape index (κ1) is 19.5. The first-order valence-electron chi connectivity index (χ1n) is 9.38. The average molecular weight is 413 g/mol. The van der Waals surface area contributed by atoms with Gasteiger partial charge in [0.25, 0.3) is 5.91 Å². The van der Waals surface area contributed by atoms with Crippen LogP contribution < -0.4 is 14.8 Å². The molecule has 0 unspecified atom stereocenters. The number of amides is 1. The Kier molecular flexibility index (Phi) is 5.10. The van der Waals surface area contributed by atoms with Crippen molar-refractivity contribution < 1.29 is 23.8 Å². The molecule has 2 N–H and O–H groups in total. The standard InChI is InChI=1S/C22H23NO5S/c1-21(2)12-15-6-3-7-16(20(15)28-21)27-13-19(24)23-14-22(25,17-8-4-10-26-17)18-9-5-11-29-18/h3-11,25H,12-14H2,1-2H3,(H,23,24)/t22-/m1/s1. The van der Waals surface area contributed by atoms with E-state index in [1.54, 1.807) is 18.2 Å². The van der Waals surface area contributed by atoms with Gasteiger partial charge in [-0.05, 0) is 43.5 Å². The van der Waals surface area contributed by atoms with E-state index in [9.17, 15) is 9.90 Å². The van der Waals surface area contributed by atoms with E-state index in [1.807, 2.05) is 43.5 Å². The third-order valence-electron chi connectivity index (χ3n) is 4.81. The largest absolute Gasteiger partial charge is 0.483 e. The average Bonchev–Trinajstić information content (AvgIpc) is 3.44. The molecular formula is C22H23NO5S. The summed E-state index contributed by atoms with van der Waals surface area (Å²) in [5.41, 5.74) is -0.656. The van der Waals surface area contributed by atoms with E-state index in [0.29, 0.717) is 22.1 Å². The summed E-state index contributed by atoms with van der Waals surface area (Å²) in [6.45, 7) is 3.83. The highest BCUT2D eigenvalue weighted by Gasteiger charge is 2.36. The molecule has 0 bridgehead atoms. The lowest BCUT2D eigenvalue weighted by molar-refractivity contribution is -0.124. The van der Waals surface area contributed by atoms with Crippen molar-refractivity contribution in [3.05, 3.63) is 70.3 Å². The van der Waals surface area contributed by atoms with Crippen LogP contribution in [0.2, 0.25) is 0 Å². The van der Waals surface area contributed by atoms with E-state index >= 15 is 0 Å². The number of benzene rings is 1. The molecule has 0 saturated heterocycles. The Morgan fingerprint density at radius 1 is 1.28 bits per heavy atom. The molecule has 7 heteroatoms. The fourth-order valence-electron chi connectivity index (χ4n) is 3.45. The number of nitrogens with one attached hydrogen (secondary N) is 1. The lowest BCUT2D eigenvalue weighted by Gasteiger charge is -2.25. The number of hydrogen-bond acceptors (Lipinski definition) is 6. The van der Waals surface area contributed by atoms with E-state index < -0.39 is 5.60 Å². The van der Waals surface area contributed by atoms with Gasteiger partial charge in [-0.2, -0.15) is 0 Å². The van der Waals surface area contributed by atoms with Crippen LogP contribution >= 0.6 is 11.3 Å². The van der Waals surface area contributed by atoms with Crippen LogP contribution in [-0.2, 0) is 16.8 Å². The summed E-state index contributed by atoms with van der Waals surface area (Å²) in [6, 6.07) is 12.7. The highest BCUT2D eigenvalue weighted by molar-refractivity contribution is 7.10. The van der Waals surface area contributed by atoms with Gasteiger partial charge in [-0.15, -0.1) is 11.3 Å². The van der Waals surface area contributed by atoms with Crippen molar-refractivity contribution in [2.24, 2.45) is 0 Å². The van der Waals surface area contributed by atoms with Crippen molar-refractivity contribution in [2.45, 2.75) is 31.5 Å². The van der Waals surface area contributed by atoms with Crippen LogP contribution in [0.5, 0.6) is 11.5 Å². The number of thiophene rings is 1. The molecule has 3 heterocycles. The molecule has 0 saturated carbocycles. The molecule has 1 atom stereocenters. The summed E-state index contributed by atoms with van der Waals surface area (Å²) in [7, 11) is 0. The quantitative estimate of drug-likeness (QED) is 0.620. The van der Waals surface area contributed by atoms with E-state index in [4.69, 9.17) is 13.9 Å². The second kappa shape index (κ2) is 7.57. The van der Waals surface area contributed by atoms with Gasteiger partial charge >= 0.3 is 0 Å². The number of hydrogen-bond donors (Lipinski definition) is 2. The SMILES string of the molecule is CC1(C)Cc2cccc(OCC(=O)NC[C@@](O)(c3ccco3)c3cccs3)c2O1. The van der Waals surface area contributed by atoms with Gasteiger partial charge in [0.1, 0.15) is 11.4 Å². The maximum Gasteiger partial charge on any atom is 0.258 e. The van der Waals surface area contributed by atoms with E-state index in [1.165, 1.54) is 17.6 Å². The van der Waals surface area contributed by atoms with E-state index in [2.05, 4.69) is 5.32 Å². The molecule has 152 valence electrons. The summed E-state index contributed by atoms with van der Waals surface area (Å²) in [4.78, 5) is 13.1. The van der Waals surface area contributed by atoms with Gasteiger partial charge in [0.2, 0.25) is 0 Å². The molecule has 2 aromatic heterocycles. The molecule has 1 amide bonds. The molecular weight excluding hydrogens is 390 g/mol. The Morgan fingerprint density at radius 2 is 2.14 bits per heavy atom. The van der Waals surface area contributed by atoms with Crippen molar-refractivity contribution in [3.8, 4) is 11.5 Å². The summed E-state index contributed by atoms with van der Waals surface area (Å²) in [6.07, 6.45) is 2.29. The predicted molar refractivity (Wildman–Crippen MR) is 109 cm³/mol. The number of carbonyl (C=O) groups excluding carboxylic acids is 1. The monoisotopic (exact) mass is 413 g/mol. The zero-order valence-electron chi connectivity index (χ0n) is 16.3. The minimum atomic E-state index is -1.44. The highest BCUT2D eigenvalue weighted by atomic mass is 32.1. The molecule has 0 aliphatic carbocycles. The fraction of sp³-hybridized carbons (Fsp3) is 0.318. The zero-order valence-corrected chi connectivity index (χ0v) is 17.1. The van der Waals surface area contributed by atoms with Crippen LogP contribution in [0.3, 0.4) is 0 Å². The van der Waals surface area contributed by atoms with Crippen LogP contribution in [0.15, 0.2) is 58.5 Å². The zero-order chi connectivity index (χ0) is 20.5. The second-order valence-electron chi connectivity index (χ2n) is 7.66. The summed E-state index contributed by atoms with van der Waals surface area (Å²) < 4.78 is 17.1. The number of aliphatic hydroxyl groups is 1. The van der Waals surface area contributed by atoms with Crippen molar-refractivity contribution in [1.29, 1.82) is 0 Å². The fourth-order valence-corrected chi connectivity index (χ4v) is 4.27. The summed E-state index contributed by atoms with van der Waals surface area (Å²) in [5, 5.41) is 15.8. The van der Waals surface area contributed by atoms with Gasteiger partial charge < -0.3 is 24.3 Å². The van der Waals surface area contributed by atoms with Gasteiger partial charge in [0.05, 0.1) is 12.8 Å². The van der Waals surface area contributed by atoms with Crippen LogP contribution in [0, 0.1) is 0 Å². The van der Waals surface area contributed by atoms with Crippen LogP contribution in [0.1, 0.15) is 30.0 Å². The molecule has 1 aliphatic rings. The first-order valence-corrected chi connectivity index (χ1v) is 10.3. The Labute approximate surface area is 173 Å². The third kappa shape index (κ3) is 4.02. The van der Waals surface area contributed by atoms with Crippen molar-refractivity contribution in [1.82, 2.24) is 5.32 Å². The maximum atomic E-state index is 12.4. The number of rotatable bonds is 7. The Balaban J connectivity index is 1.40. The van der Waals surface area contributed by atoms with E-state index in [-0.39, 0.29) is 24.7 Å². The van der Waals surface area contributed by atoms with Crippen molar-refractivity contribution in [2.75, 3.05) is 13.2 Å². The van der Waals surface area contributed by atoms with E-state index in [0.717, 1.165) is 12.0 Å². The van der Waals surface area contributed by atoms with Crippen LogP contribution in [0.4, 0.5) is 0 Å². The maximum absolute atomic E-state index is 12.4. The minimum Gasteiger partial charge on any atom is -0.483 e. The summed E-state index contributed by atoms with van der Waals surface area (Å²) in [5.74, 6) is 1.26. The van der Waals surface area contributed by atoms with Gasteiger partial charge in [-0.25, -0.2) is 0 Å². The van der Waals surface area contributed by atoms with Gasteiger partial charge in [0.15, 0.2) is 23.7 Å². The van der Waals surface area contributed by atoms with Crippen LogP contribution in [-0.4, -0.2) is 29.8 Å². The second-order valence-corrected chi connectivity index (χ2v) is 8.61. The Hall–Kier alpha value is -2.77. The topological polar surface area (TPSA) is 80.9 Å². The predicted octanol–water partition coefficient (Wildman–Crippen LogP) is 3.49. The van der Waals surface area contributed by atoms with Crippen molar-refractivity contribution >= 4 is 17.2 Å². The normalized spacial score (nSPS) is 16.5. The Morgan fingerprint density at radius 3 is 2.86 bits per heavy atom. The van der Waals surface area contributed by atoms with Gasteiger partial charge in [-0.3, -0.25) is 4.79 Å². The lowest BCUT2D eigenvalue weighted by atomic mass is 9.98. The molecule has 0 radical (unpaired) electrons. The lowest BCUT2D eigenvalue weighted by Crippen LogP contribution is -2.42. The molecule has 29 heavy (non-hydrogen) atoms. The molecule has 0 fully saturated rings. The van der Waals surface area contributed by atoms with Gasteiger partial charge in [0, 0.05) is 16.9 Å². The third-order valence-corrected chi connectivity index (χ3v) is 5.83. The minimum absolute atomic E-state index is 0.0281. The van der Waals surface area contributed by atoms with Gasteiger partial charge in [-0.1, -0.05) is 18.2 Å². The number of fused-ring (bicyclic) bond motifs is 1. The molecule has 1 aliphatic heterocycles. The van der Waals surface area contributed by atoms with Crippen molar-refractivity contribution in [3.63, 3.8) is 0 Å². The first-order chi connectivity index (χ1) is 13.9. The number of para-hydroxylation sites is 1. The summed E-state index contributed by atoms with van der Waals surface area (Å²) >= 11 is 1.39. The number of furan rings is 1. The smallest absolute Gasteiger partial charge is 0.258 e. The van der Waals surface area contributed by atoms with Crippen LogP contribution in [0.25, 0.3) is 0 Å². The molecule has 6 nitrogen and oxygen atoms in total. The molecule has 0 spiro atoms. The molecule has 3 aromatic rings. The highest BCUT2D eigenvalue weighted by Crippen LogP contribution is 2.41.